The molecule has 0 saturated carbocycles. The van der Waals surface area contributed by atoms with Crippen LogP contribution in [-0.2, 0) is 0 Å². The highest BCUT2D eigenvalue weighted by molar-refractivity contribution is 6.20. The number of rotatable bonds is 5. The van der Waals surface area contributed by atoms with Gasteiger partial charge in [0.15, 0.2) is 5.65 Å². The summed E-state index contributed by atoms with van der Waals surface area (Å²) in [5, 5.41) is 9.55. The summed E-state index contributed by atoms with van der Waals surface area (Å²) in [5.74, 6) is 1.27. The van der Waals surface area contributed by atoms with Crippen LogP contribution in [0.3, 0.4) is 0 Å². The smallest absolute Gasteiger partial charge is 0.349 e. The number of anilines is 1. The Hall–Kier alpha value is -1.56. The summed E-state index contributed by atoms with van der Waals surface area (Å²) in [7, 11) is 0. The van der Waals surface area contributed by atoms with E-state index in [0.717, 1.165) is 12.8 Å². The Morgan fingerprint density at radius 3 is 3.11 bits per heavy atom. The van der Waals surface area contributed by atoms with Crippen molar-refractivity contribution in [1.82, 2.24) is 19.6 Å². The highest BCUT2D eigenvalue weighted by Crippen LogP contribution is 2.10. The first-order valence-electron chi connectivity index (χ1n) is 5.94. The van der Waals surface area contributed by atoms with Gasteiger partial charge < -0.3 is 5.32 Å². The van der Waals surface area contributed by atoms with Gasteiger partial charge in [0, 0.05) is 12.6 Å². The number of H-pyrrole nitrogens is 1. The molecule has 0 saturated heterocycles. The lowest BCUT2D eigenvalue weighted by molar-refractivity contribution is 0.749. The van der Waals surface area contributed by atoms with Crippen molar-refractivity contribution in [3.63, 3.8) is 0 Å². The van der Waals surface area contributed by atoms with Crippen LogP contribution in [0.2, 0.25) is 0 Å². The average molecular weight is 270 g/mol. The lowest BCUT2D eigenvalue weighted by Crippen LogP contribution is -2.17. The Morgan fingerprint density at radius 1 is 1.61 bits per heavy atom. The topological polar surface area (TPSA) is 75.1 Å². The van der Waals surface area contributed by atoms with E-state index in [1.54, 1.807) is 13.0 Å². The molecule has 0 fully saturated rings. The minimum absolute atomic E-state index is 0.0784. The van der Waals surface area contributed by atoms with Crippen molar-refractivity contribution in [2.75, 3.05) is 11.9 Å². The summed E-state index contributed by atoms with van der Waals surface area (Å²) in [6.45, 7) is 4.51. The third-order valence-electron chi connectivity index (χ3n) is 2.68. The van der Waals surface area contributed by atoms with E-state index in [9.17, 15) is 4.79 Å². The second-order valence-corrected chi connectivity index (χ2v) is 4.80. The molecular formula is C11H16ClN5O. The zero-order valence-electron chi connectivity index (χ0n) is 10.4. The minimum atomic E-state index is -0.275. The lowest BCUT2D eigenvalue weighted by atomic mass is 10.2. The number of nitrogens with one attached hydrogen (secondary N) is 2. The van der Waals surface area contributed by atoms with E-state index >= 15 is 0 Å². The quantitative estimate of drug-likeness (QED) is 0.808. The first kappa shape index (κ1) is 12.9. The van der Waals surface area contributed by atoms with Gasteiger partial charge in [0.05, 0.1) is 5.38 Å². The first-order chi connectivity index (χ1) is 8.61. The molecule has 0 aromatic carbocycles. The number of halogens is 1. The highest BCUT2D eigenvalue weighted by Gasteiger charge is 2.08. The van der Waals surface area contributed by atoms with Crippen LogP contribution in [0.5, 0.6) is 0 Å². The van der Waals surface area contributed by atoms with Gasteiger partial charge in [-0.2, -0.15) is 5.10 Å². The monoisotopic (exact) mass is 269 g/mol. The molecule has 2 heterocycles. The van der Waals surface area contributed by atoms with Gasteiger partial charge in [0.25, 0.3) is 0 Å². The van der Waals surface area contributed by atoms with Crippen molar-refractivity contribution in [3.05, 3.63) is 22.4 Å². The summed E-state index contributed by atoms with van der Waals surface area (Å²) in [5.41, 5.74) is 0.277. The molecule has 0 aliphatic heterocycles. The molecule has 0 aliphatic carbocycles. The highest BCUT2D eigenvalue weighted by atomic mass is 35.5. The number of aromatic amines is 1. The fourth-order valence-electron chi connectivity index (χ4n) is 1.82. The third-order valence-corrected chi connectivity index (χ3v) is 3.05. The average Bonchev–Trinajstić information content (AvgIpc) is 2.69. The maximum absolute atomic E-state index is 11.4. The molecular weight excluding hydrogens is 254 g/mol. The van der Waals surface area contributed by atoms with Gasteiger partial charge in [-0.05, 0) is 13.3 Å². The van der Waals surface area contributed by atoms with Gasteiger partial charge in [-0.15, -0.1) is 11.6 Å². The van der Waals surface area contributed by atoms with Gasteiger partial charge in [-0.3, -0.25) is 0 Å². The number of alkyl halides is 1. The number of nitrogens with zero attached hydrogens (tertiary/aromatic N) is 3. The number of hydrogen-bond acceptors (Lipinski definition) is 4. The van der Waals surface area contributed by atoms with Crippen LogP contribution in [-0.4, -0.2) is 31.5 Å². The van der Waals surface area contributed by atoms with Crippen molar-refractivity contribution < 1.29 is 0 Å². The van der Waals surface area contributed by atoms with Gasteiger partial charge in [-0.25, -0.2) is 19.3 Å². The van der Waals surface area contributed by atoms with Crippen LogP contribution in [0.1, 0.15) is 25.6 Å². The standard InChI is InChI=1S/C11H16ClN5O/c1-3-4-8(12)6-13-9-5-10-15-16-11(18)17(10)7(2)14-9/h5,8,13H,3-4,6H2,1-2H3,(H,16,18). The van der Waals surface area contributed by atoms with E-state index in [0.29, 0.717) is 23.8 Å². The van der Waals surface area contributed by atoms with Crippen LogP contribution in [0.25, 0.3) is 5.65 Å². The predicted molar refractivity (Wildman–Crippen MR) is 71.4 cm³/mol. The van der Waals surface area contributed by atoms with Crippen LogP contribution < -0.4 is 11.0 Å². The molecule has 7 heteroatoms. The number of fused-ring (bicyclic) bond motifs is 1. The molecule has 98 valence electrons. The molecule has 0 radical (unpaired) electrons. The summed E-state index contributed by atoms with van der Waals surface area (Å²) in [6.07, 6.45) is 2.01. The normalized spacial score (nSPS) is 12.8. The van der Waals surface area contributed by atoms with Crippen molar-refractivity contribution in [3.8, 4) is 0 Å². The second kappa shape index (κ2) is 5.39. The maximum atomic E-state index is 11.4. The molecule has 1 unspecified atom stereocenters. The Labute approximate surface area is 109 Å². The second-order valence-electron chi connectivity index (χ2n) is 4.18. The Morgan fingerprint density at radius 2 is 2.39 bits per heavy atom. The molecule has 0 bridgehead atoms. The molecule has 0 amide bonds. The molecule has 0 aliphatic rings. The minimum Gasteiger partial charge on any atom is -0.368 e. The Kier molecular flexibility index (Phi) is 3.86. The van der Waals surface area contributed by atoms with E-state index in [2.05, 4.69) is 27.4 Å². The lowest BCUT2D eigenvalue weighted by Gasteiger charge is -2.10. The summed E-state index contributed by atoms with van der Waals surface area (Å²) >= 11 is 6.13. The number of aromatic nitrogens is 4. The largest absolute Gasteiger partial charge is 0.368 e. The van der Waals surface area contributed by atoms with Gasteiger partial charge in [-0.1, -0.05) is 13.3 Å². The number of aryl methyl sites for hydroxylation is 1. The summed E-state index contributed by atoms with van der Waals surface area (Å²) in [4.78, 5) is 15.7. The molecule has 2 N–H and O–H groups in total. The molecule has 1 atom stereocenters. The molecule has 2 aromatic rings. The van der Waals surface area contributed by atoms with Crippen LogP contribution in [0.4, 0.5) is 5.82 Å². The molecule has 18 heavy (non-hydrogen) atoms. The molecule has 6 nitrogen and oxygen atoms in total. The Bertz CT molecular complexity index is 591. The first-order valence-corrected chi connectivity index (χ1v) is 6.38. The van der Waals surface area contributed by atoms with Gasteiger partial charge >= 0.3 is 5.69 Å². The molecule has 2 rings (SSSR count). The van der Waals surface area contributed by atoms with Crippen molar-refractivity contribution in [2.24, 2.45) is 0 Å². The maximum Gasteiger partial charge on any atom is 0.349 e. The third kappa shape index (κ3) is 2.64. The van der Waals surface area contributed by atoms with Gasteiger partial charge in [0.2, 0.25) is 0 Å². The SMILES string of the molecule is CCCC(Cl)CNc1cc2n[nH]c(=O)n2c(C)n1. The summed E-state index contributed by atoms with van der Waals surface area (Å²) in [6, 6.07) is 1.72. The summed E-state index contributed by atoms with van der Waals surface area (Å²) < 4.78 is 1.43. The van der Waals surface area contributed by atoms with E-state index < -0.39 is 0 Å². The van der Waals surface area contributed by atoms with Crippen molar-refractivity contribution in [1.29, 1.82) is 0 Å². The number of hydrogen-bond donors (Lipinski definition) is 2. The van der Waals surface area contributed by atoms with Crippen molar-refractivity contribution >= 4 is 23.1 Å². The fraction of sp³-hybridized carbons (Fsp3) is 0.545. The van der Waals surface area contributed by atoms with E-state index in [1.165, 1.54) is 4.40 Å². The Balaban J connectivity index is 2.17. The van der Waals surface area contributed by atoms with E-state index in [1.807, 2.05) is 0 Å². The molecule has 2 aromatic heterocycles. The van der Waals surface area contributed by atoms with E-state index in [4.69, 9.17) is 11.6 Å². The van der Waals surface area contributed by atoms with Crippen LogP contribution in [0, 0.1) is 6.92 Å². The van der Waals surface area contributed by atoms with Gasteiger partial charge in [0.1, 0.15) is 11.6 Å². The zero-order chi connectivity index (χ0) is 13.1. The van der Waals surface area contributed by atoms with Crippen LogP contribution >= 0.6 is 11.6 Å². The fourth-order valence-corrected chi connectivity index (χ4v) is 2.11. The van der Waals surface area contributed by atoms with E-state index in [-0.39, 0.29) is 11.1 Å². The van der Waals surface area contributed by atoms with Crippen molar-refractivity contribution in [2.45, 2.75) is 32.1 Å². The van der Waals surface area contributed by atoms with Crippen LogP contribution in [0.15, 0.2) is 10.9 Å². The predicted octanol–water partition coefficient (Wildman–Crippen LogP) is 1.55. The molecule has 0 spiro atoms. The zero-order valence-corrected chi connectivity index (χ0v) is 11.2.